The highest BCUT2D eigenvalue weighted by atomic mass is 16.5. The molecule has 0 spiro atoms. The zero-order chi connectivity index (χ0) is 14.8. The number of rotatable bonds is 3. The first kappa shape index (κ1) is 13.6. The highest BCUT2D eigenvalue weighted by Gasteiger charge is 2.19. The molecule has 0 radical (unpaired) electrons. The summed E-state index contributed by atoms with van der Waals surface area (Å²) in [6.07, 6.45) is 1.43. The second kappa shape index (κ2) is 5.52. The number of fused-ring (bicyclic) bond motifs is 1. The molecule has 0 amide bonds. The lowest BCUT2D eigenvalue weighted by Gasteiger charge is -2.07. The quantitative estimate of drug-likeness (QED) is 0.806. The molecule has 0 heterocycles. The number of Topliss-reactive ketones (excluding diaryl/α,β-unsaturated/α-hetero) is 1. The normalized spacial score (nSPS) is 13.1. The number of ketones is 1. The summed E-state index contributed by atoms with van der Waals surface area (Å²) in [5.74, 6) is -0.120. The Labute approximate surface area is 123 Å². The summed E-state index contributed by atoms with van der Waals surface area (Å²) >= 11 is 0. The maximum atomic E-state index is 11.8. The second-order valence-electron chi connectivity index (χ2n) is 5.10. The third-order valence-electron chi connectivity index (χ3n) is 3.74. The van der Waals surface area contributed by atoms with Crippen LogP contribution in [0.25, 0.3) is 11.1 Å². The summed E-state index contributed by atoms with van der Waals surface area (Å²) in [6, 6.07) is 13.2. The molecule has 3 rings (SSSR count). The van der Waals surface area contributed by atoms with Gasteiger partial charge in [-0.3, -0.25) is 4.79 Å². The van der Waals surface area contributed by atoms with Crippen LogP contribution >= 0.6 is 0 Å². The highest BCUT2D eigenvalue weighted by molar-refractivity contribution is 6.01. The summed E-state index contributed by atoms with van der Waals surface area (Å²) in [5.41, 5.74) is 4.33. The minimum atomic E-state index is -0.323. The molecule has 0 N–H and O–H groups in total. The lowest BCUT2D eigenvalue weighted by molar-refractivity contribution is 0.0526. The van der Waals surface area contributed by atoms with Gasteiger partial charge in [-0.15, -0.1) is 0 Å². The molecular formula is C18H16O3. The zero-order valence-electron chi connectivity index (χ0n) is 11.9. The number of hydrogen-bond acceptors (Lipinski definition) is 3. The van der Waals surface area contributed by atoms with Crippen LogP contribution in [-0.4, -0.2) is 18.4 Å². The SMILES string of the molecule is CCOC(=O)c1cccc(-c2ccc3c(c2)C(=O)CC3)c1. The summed E-state index contributed by atoms with van der Waals surface area (Å²) in [5, 5.41) is 0. The van der Waals surface area contributed by atoms with Crippen molar-refractivity contribution in [1.29, 1.82) is 0 Å². The first-order valence-electron chi connectivity index (χ1n) is 7.12. The molecule has 0 saturated heterocycles. The Bertz CT molecular complexity index is 716. The maximum Gasteiger partial charge on any atom is 0.338 e. The molecule has 0 atom stereocenters. The highest BCUT2D eigenvalue weighted by Crippen LogP contribution is 2.28. The van der Waals surface area contributed by atoms with E-state index in [2.05, 4.69) is 0 Å². The summed E-state index contributed by atoms with van der Waals surface area (Å²) in [4.78, 5) is 23.6. The number of carbonyl (C=O) groups excluding carboxylic acids is 2. The third-order valence-corrected chi connectivity index (χ3v) is 3.74. The van der Waals surface area contributed by atoms with Gasteiger partial charge in [-0.25, -0.2) is 4.79 Å². The lowest BCUT2D eigenvalue weighted by atomic mass is 9.99. The fourth-order valence-corrected chi connectivity index (χ4v) is 2.66. The molecule has 1 aliphatic rings. The van der Waals surface area contributed by atoms with Crippen LogP contribution in [0.5, 0.6) is 0 Å². The maximum absolute atomic E-state index is 11.8. The van der Waals surface area contributed by atoms with Crippen molar-refractivity contribution in [3.8, 4) is 11.1 Å². The van der Waals surface area contributed by atoms with Crippen LogP contribution in [-0.2, 0) is 11.2 Å². The van der Waals surface area contributed by atoms with Crippen LogP contribution in [0.15, 0.2) is 42.5 Å². The van der Waals surface area contributed by atoms with Gasteiger partial charge in [0.2, 0.25) is 0 Å². The standard InChI is InChI=1S/C18H16O3/c1-2-21-18(20)15-5-3-4-13(10-15)14-7-6-12-8-9-17(19)16(12)11-14/h3-7,10-11H,2,8-9H2,1H3. The number of ether oxygens (including phenoxy) is 1. The van der Waals surface area contributed by atoms with Gasteiger partial charge in [-0.2, -0.15) is 0 Å². The Morgan fingerprint density at radius 3 is 2.71 bits per heavy atom. The average Bonchev–Trinajstić information content (AvgIpc) is 2.89. The van der Waals surface area contributed by atoms with E-state index in [0.717, 1.165) is 28.7 Å². The van der Waals surface area contributed by atoms with Crippen LogP contribution in [0, 0.1) is 0 Å². The van der Waals surface area contributed by atoms with Crippen molar-refractivity contribution < 1.29 is 14.3 Å². The molecule has 2 aromatic rings. The van der Waals surface area contributed by atoms with E-state index in [1.165, 1.54) is 0 Å². The molecule has 3 nitrogen and oxygen atoms in total. The molecule has 1 aliphatic carbocycles. The topological polar surface area (TPSA) is 43.4 Å². The first-order chi connectivity index (χ1) is 10.2. The van der Waals surface area contributed by atoms with Crippen LogP contribution < -0.4 is 0 Å². The van der Waals surface area contributed by atoms with E-state index in [4.69, 9.17) is 4.74 Å². The van der Waals surface area contributed by atoms with Gasteiger partial charge in [-0.1, -0.05) is 24.3 Å². The third kappa shape index (κ3) is 2.59. The predicted molar refractivity (Wildman–Crippen MR) is 80.5 cm³/mol. The molecule has 2 aromatic carbocycles. The largest absolute Gasteiger partial charge is 0.462 e. The van der Waals surface area contributed by atoms with Crippen molar-refractivity contribution in [1.82, 2.24) is 0 Å². The summed E-state index contributed by atoms with van der Waals surface area (Å²) < 4.78 is 5.02. The Morgan fingerprint density at radius 2 is 1.90 bits per heavy atom. The molecule has 106 valence electrons. The Morgan fingerprint density at radius 1 is 1.10 bits per heavy atom. The molecule has 3 heteroatoms. The smallest absolute Gasteiger partial charge is 0.338 e. The zero-order valence-corrected chi connectivity index (χ0v) is 11.9. The molecule has 0 bridgehead atoms. The van der Waals surface area contributed by atoms with Crippen LogP contribution in [0.2, 0.25) is 0 Å². The minimum Gasteiger partial charge on any atom is -0.462 e. The van der Waals surface area contributed by atoms with Crippen molar-refractivity contribution in [3.05, 3.63) is 59.2 Å². The van der Waals surface area contributed by atoms with Crippen LogP contribution in [0.1, 0.15) is 39.6 Å². The monoisotopic (exact) mass is 280 g/mol. The van der Waals surface area contributed by atoms with Gasteiger partial charge < -0.3 is 4.74 Å². The summed E-state index contributed by atoms with van der Waals surface area (Å²) in [6.45, 7) is 2.14. The molecule has 0 aromatic heterocycles. The van der Waals surface area contributed by atoms with Crippen molar-refractivity contribution in [3.63, 3.8) is 0 Å². The Balaban J connectivity index is 1.98. The second-order valence-corrected chi connectivity index (χ2v) is 5.10. The van der Waals surface area contributed by atoms with E-state index in [9.17, 15) is 9.59 Å². The molecular weight excluding hydrogens is 264 g/mol. The van der Waals surface area contributed by atoms with Crippen molar-refractivity contribution in [2.75, 3.05) is 6.61 Å². The number of benzene rings is 2. The number of aryl methyl sites for hydroxylation is 1. The fourth-order valence-electron chi connectivity index (χ4n) is 2.66. The van der Waals surface area contributed by atoms with E-state index in [0.29, 0.717) is 18.6 Å². The van der Waals surface area contributed by atoms with E-state index < -0.39 is 0 Å². The number of hydrogen-bond donors (Lipinski definition) is 0. The van der Waals surface area contributed by atoms with Gasteiger partial charge in [0.25, 0.3) is 0 Å². The van der Waals surface area contributed by atoms with Gasteiger partial charge in [0.05, 0.1) is 12.2 Å². The van der Waals surface area contributed by atoms with E-state index >= 15 is 0 Å². The van der Waals surface area contributed by atoms with Crippen LogP contribution in [0.3, 0.4) is 0 Å². The van der Waals surface area contributed by atoms with E-state index in [1.54, 1.807) is 19.1 Å². The minimum absolute atomic E-state index is 0.202. The molecule has 21 heavy (non-hydrogen) atoms. The molecule has 0 fully saturated rings. The Hall–Kier alpha value is -2.42. The molecule has 0 saturated carbocycles. The van der Waals surface area contributed by atoms with Crippen molar-refractivity contribution in [2.24, 2.45) is 0 Å². The average molecular weight is 280 g/mol. The number of esters is 1. The van der Waals surface area contributed by atoms with Crippen LogP contribution in [0.4, 0.5) is 0 Å². The summed E-state index contributed by atoms with van der Waals surface area (Å²) in [7, 11) is 0. The fraction of sp³-hybridized carbons (Fsp3) is 0.222. The van der Waals surface area contributed by atoms with Gasteiger partial charge in [0, 0.05) is 12.0 Å². The first-order valence-corrected chi connectivity index (χ1v) is 7.12. The van der Waals surface area contributed by atoms with E-state index in [-0.39, 0.29) is 11.8 Å². The Kier molecular flexibility index (Phi) is 3.57. The van der Waals surface area contributed by atoms with Gasteiger partial charge >= 0.3 is 5.97 Å². The number of carbonyl (C=O) groups is 2. The van der Waals surface area contributed by atoms with Gasteiger partial charge in [0.15, 0.2) is 5.78 Å². The predicted octanol–water partition coefficient (Wildman–Crippen LogP) is 3.66. The van der Waals surface area contributed by atoms with Gasteiger partial charge in [0.1, 0.15) is 0 Å². The molecule has 0 aliphatic heterocycles. The van der Waals surface area contributed by atoms with Crippen molar-refractivity contribution in [2.45, 2.75) is 19.8 Å². The van der Waals surface area contributed by atoms with Crippen molar-refractivity contribution >= 4 is 11.8 Å². The lowest BCUT2D eigenvalue weighted by Crippen LogP contribution is -2.04. The van der Waals surface area contributed by atoms with Gasteiger partial charge in [-0.05, 0) is 48.2 Å². The molecule has 0 unspecified atom stereocenters. The van der Waals surface area contributed by atoms with E-state index in [1.807, 2.05) is 30.3 Å².